The number of amides is 1. The lowest BCUT2D eigenvalue weighted by Crippen LogP contribution is -2.24. The van der Waals surface area contributed by atoms with E-state index in [9.17, 15) is 15.0 Å². The molecule has 0 aliphatic carbocycles. The highest BCUT2D eigenvalue weighted by molar-refractivity contribution is 6.07. The van der Waals surface area contributed by atoms with Crippen molar-refractivity contribution in [3.8, 4) is 0 Å². The molecule has 0 bridgehead atoms. The Morgan fingerprint density at radius 2 is 2.12 bits per heavy atom. The van der Waals surface area contributed by atoms with Crippen molar-refractivity contribution in [3.63, 3.8) is 0 Å². The van der Waals surface area contributed by atoms with Crippen LogP contribution in [0, 0.1) is 0 Å². The molecular formula is C17H17N5O4. The Morgan fingerprint density at radius 1 is 1.31 bits per heavy atom. The van der Waals surface area contributed by atoms with Gasteiger partial charge in [-0.15, -0.1) is 5.10 Å². The third-order valence-electron chi connectivity index (χ3n) is 4.28. The van der Waals surface area contributed by atoms with Gasteiger partial charge < -0.3 is 20.3 Å². The topological polar surface area (TPSA) is 122 Å². The molecule has 3 atom stereocenters. The molecule has 134 valence electrons. The molecule has 0 unspecified atom stereocenters. The molecule has 3 heterocycles. The lowest BCUT2D eigenvalue weighted by Gasteiger charge is -2.11. The van der Waals surface area contributed by atoms with E-state index in [-0.39, 0.29) is 12.5 Å². The van der Waals surface area contributed by atoms with Gasteiger partial charge in [-0.05, 0) is 12.1 Å². The molecule has 1 aromatic carbocycles. The molecule has 1 saturated heterocycles. The van der Waals surface area contributed by atoms with E-state index in [0.717, 1.165) is 0 Å². The quantitative estimate of drug-likeness (QED) is 0.630. The van der Waals surface area contributed by atoms with E-state index in [4.69, 9.17) is 4.74 Å². The van der Waals surface area contributed by atoms with E-state index in [1.807, 2.05) is 6.07 Å². The van der Waals surface area contributed by atoms with E-state index < -0.39 is 18.4 Å². The summed E-state index contributed by atoms with van der Waals surface area (Å²) in [5.74, 6) is 0.0542. The number of ether oxygens (including phenoxy) is 1. The number of carbonyl (C=O) groups is 1. The summed E-state index contributed by atoms with van der Waals surface area (Å²) in [6, 6.07) is 8.81. The molecule has 0 saturated carbocycles. The van der Waals surface area contributed by atoms with E-state index in [2.05, 4.69) is 20.4 Å². The normalized spacial score (nSPS) is 22.6. The Balaban J connectivity index is 1.61. The van der Waals surface area contributed by atoms with Crippen molar-refractivity contribution in [3.05, 3.63) is 48.4 Å². The number of nitrogens with one attached hydrogen (secondary N) is 1. The maximum atomic E-state index is 12.4. The van der Waals surface area contributed by atoms with Crippen molar-refractivity contribution in [2.45, 2.75) is 24.9 Å². The van der Waals surface area contributed by atoms with E-state index in [1.165, 1.54) is 11.0 Å². The molecule has 1 aliphatic heterocycles. The largest absolute Gasteiger partial charge is 0.394 e. The van der Waals surface area contributed by atoms with Crippen molar-refractivity contribution >= 4 is 22.8 Å². The summed E-state index contributed by atoms with van der Waals surface area (Å²) in [4.78, 5) is 20.6. The second kappa shape index (κ2) is 6.79. The van der Waals surface area contributed by atoms with Gasteiger partial charge in [0.15, 0.2) is 11.9 Å². The summed E-state index contributed by atoms with van der Waals surface area (Å²) in [5, 5.41) is 26.7. The van der Waals surface area contributed by atoms with E-state index in [0.29, 0.717) is 28.8 Å². The zero-order valence-electron chi connectivity index (χ0n) is 13.7. The van der Waals surface area contributed by atoms with Gasteiger partial charge >= 0.3 is 0 Å². The van der Waals surface area contributed by atoms with Crippen molar-refractivity contribution in [1.29, 1.82) is 0 Å². The maximum Gasteiger partial charge on any atom is 0.256 e. The zero-order chi connectivity index (χ0) is 18.1. The summed E-state index contributed by atoms with van der Waals surface area (Å²) in [7, 11) is 0. The van der Waals surface area contributed by atoms with Crippen molar-refractivity contribution in [2.24, 2.45) is 0 Å². The van der Waals surface area contributed by atoms with Gasteiger partial charge in [0.1, 0.15) is 18.2 Å². The number of fused-ring (bicyclic) bond motifs is 1. The number of hydrogen-bond donors (Lipinski definition) is 3. The van der Waals surface area contributed by atoms with Gasteiger partial charge in [-0.25, -0.2) is 14.6 Å². The monoisotopic (exact) mass is 355 g/mol. The van der Waals surface area contributed by atoms with Crippen LogP contribution in [0.25, 0.3) is 11.0 Å². The first-order chi connectivity index (χ1) is 12.7. The van der Waals surface area contributed by atoms with Crippen LogP contribution < -0.4 is 5.32 Å². The average Bonchev–Trinajstić information content (AvgIpc) is 3.26. The zero-order valence-corrected chi connectivity index (χ0v) is 13.7. The summed E-state index contributed by atoms with van der Waals surface area (Å²) in [6.45, 7) is -0.267. The second-order valence-corrected chi connectivity index (χ2v) is 6.00. The lowest BCUT2D eigenvalue weighted by atomic mass is 10.2. The van der Waals surface area contributed by atoms with Gasteiger partial charge in [0.05, 0.1) is 18.1 Å². The number of hydrogen-bond acceptors (Lipinski definition) is 7. The van der Waals surface area contributed by atoms with Crippen LogP contribution in [-0.4, -0.2) is 54.7 Å². The molecule has 0 radical (unpaired) electrons. The Bertz CT molecular complexity index is 929. The third kappa shape index (κ3) is 3.03. The van der Waals surface area contributed by atoms with Gasteiger partial charge in [0.2, 0.25) is 0 Å². The minimum atomic E-state index is -0.763. The molecule has 4 rings (SSSR count). The number of anilines is 1. The van der Waals surface area contributed by atoms with E-state index >= 15 is 0 Å². The average molecular weight is 355 g/mol. The highest BCUT2D eigenvalue weighted by Gasteiger charge is 2.35. The third-order valence-corrected chi connectivity index (χ3v) is 4.28. The SMILES string of the molecule is O=C(Nc1ncnc2nn([C@H]3C[C@H](O)[C@@H](CO)O3)cc12)c1ccccc1. The smallest absolute Gasteiger partial charge is 0.256 e. The number of aromatic nitrogens is 4. The molecule has 9 heteroatoms. The molecule has 1 amide bonds. The second-order valence-electron chi connectivity index (χ2n) is 6.00. The number of aliphatic hydroxyl groups excluding tert-OH is 2. The fraction of sp³-hybridized carbons (Fsp3) is 0.294. The number of aliphatic hydroxyl groups is 2. The van der Waals surface area contributed by atoms with Crippen LogP contribution >= 0.6 is 0 Å². The van der Waals surface area contributed by atoms with Crippen LogP contribution in [0.15, 0.2) is 42.9 Å². The minimum Gasteiger partial charge on any atom is -0.394 e. The summed E-state index contributed by atoms with van der Waals surface area (Å²) in [5.41, 5.74) is 0.911. The number of carbonyl (C=O) groups excluding carboxylic acids is 1. The first-order valence-electron chi connectivity index (χ1n) is 8.16. The number of nitrogens with zero attached hydrogens (tertiary/aromatic N) is 4. The van der Waals surface area contributed by atoms with Crippen LogP contribution in [0.1, 0.15) is 23.0 Å². The molecular weight excluding hydrogens is 338 g/mol. The van der Waals surface area contributed by atoms with Crippen molar-refractivity contribution in [2.75, 3.05) is 11.9 Å². The van der Waals surface area contributed by atoms with E-state index in [1.54, 1.807) is 30.5 Å². The Kier molecular flexibility index (Phi) is 4.33. The first-order valence-corrected chi connectivity index (χ1v) is 8.16. The fourth-order valence-corrected chi connectivity index (χ4v) is 2.91. The van der Waals surface area contributed by atoms with Crippen LogP contribution in [0.2, 0.25) is 0 Å². The Hall–Kier alpha value is -2.88. The van der Waals surface area contributed by atoms with Crippen LogP contribution in [0.4, 0.5) is 5.82 Å². The van der Waals surface area contributed by atoms with Gasteiger partial charge in [-0.3, -0.25) is 4.79 Å². The van der Waals surface area contributed by atoms with Crippen molar-refractivity contribution < 1.29 is 19.7 Å². The lowest BCUT2D eigenvalue weighted by molar-refractivity contribution is -0.0482. The van der Waals surface area contributed by atoms with Gasteiger partial charge in [-0.2, -0.15) is 0 Å². The standard InChI is InChI=1S/C17H17N5O4/c23-8-13-12(24)6-14(26-13)22-7-11-15(18-9-19-16(11)21-22)20-17(25)10-4-2-1-3-5-10/h1-5,7,9,12-14,23-24H,6,8H2,(H,18,19,20,21,25)/t12-,13+,14+/m0/s1. The maximum absolute atomic E-state index is 12.4. The highest BCUT2D eigenvalue weighted by Crippen LogP contribution is 2.30. The molecule has 26 heavy (non-hydrogen) atoms. The number of rotatable bonds is 4. The van der Waals surface area contributed by atoms with Crippen LogP contribution in [-0.2, 0) is 4.74 Å². The highest BCUT2D eigenvalue weighted by atomic mass is 16.5. The molecule has 3 aromatic rings. The van der Waals surface area contributed by atoms with Gasteiger partial charge in [0, 0.05) is 18.2 Å². The molecule has 9 nitrogen and oxygen atoms in total. The summed E-state index contributed by atoms with van der Waals surface area (Å²) >= 11 is 0. The first kappa shape index (κ1) is 16.6. The fourth-order valence-electron chi connectivity index (χ4n) is 2.91. The summed E-state index contributed by atoms with van der Waals surface area (Å²) in [6.07, 6.45) is 1.36. The molecule has 3 N–H and O–H groups in total. The van der Waals surface area contributed by atoms with Gasteiger partial charge in [-0.1, -0.05) is 18.2 Å². The van der Waals surface area contributed by atoms with Gasteiger partial charge in [0.25, 0.3) is 5.91 Å². The molecule has 0 spiro atoms. The molecule has 1 fully saturated rings. The van der Waals surface area contributed by atoms with Crippen LogP contribution in [0.5, 0.6) is 0 Å². The predicted octanol–water partition coefficient (Wildman–Crippen LogP) is 0.719. The summed E-state index contributed by atoms with van der Waals surface area (Å²) < 4.78 is 7.12. The Labute approximate surface area is 148 Å². The Morgan fingerprint density at radius 3 is 2.85 bits per heavy atom. The number of benzene rings is 1. The predicted molar refractivity (Wildman–Crippen MR) is 91.3 cm³/mol. The minimum absolute atomic E-state index is 0.267. The van der Waals surface area contributed by atoms with Crippen LogP contribution in [0.3, 0.4) is 0 Å². The van der Waals surface area contributed by atoms with Crippen molar-refractivity contribution in [1.82, 2.24) is 19.7 Å². The molecule has 1 aliphatic rings. The molecule has 2 aromatic heterocycles.